The number of nitrogens with one attached hydrogen (secondary N) is 1. The molecule has 0 saturated carbocycles. The Morgan fingerprint density at radius 3 is 2.50 bits per heavy atom. The predicted octanol–water partition coefficient (Wildman–Crippen LogP) is 4.34. The Bertz CT molecular complexity index is 1170. The van der Waals surface area contributed by atoms with Crippen LogP contribution < -0.4 is 5.32 Å². The smallest absolute Gasteiger partial charge is 0.252 e. The summed E-state index contributed by atoms with van der Waals surface area (Å²) in [7, 11) is 0. The van der Waals surface area contributed by atoms with Crippen molar-refractivity contribution in [1.29, 1.82) is 0 Å². The van der Waals surface area contributed by atoms with Gasteiger partial charge in [0.15, 0.2) is 0 Å². The fourth-order valence-corrected chi connectivity index (χ4v) is 3.91. The first-order chi connectivity index (χ1) is 14.5. The Kier molecular flexibility index (Phi) is 5.90. The van der Waals surface area contributed by atoms with Crippen LogP contribution in [0.25, 0.3) is 5.78 Å². The van der Waals surface area contributed by atoms with Crippen molar-refractivity contribution in [2.75, 3.05) is 0 Å². The van der Waals surface area contributed by atoms with E-state index >= 15 is 0 Å². The third-order valence-electron chi connectivity index (χ3n) is 5.23. The minimum atomic E-state index is -0.204. The number of benzene rings is 2. The summed E-state index contributed by atoms with van der Waals surface area (Å²) in [6.07, 6.45) is 2.45. The summed E-state index contributed by atoms with van der Waals surface area (Å²) in [4.78, 5) is 21.5. The van der Waals surface area contributed by atoms with Crippen LogP contribution in [0.4, 0.5) is 0 Å². The van der Waals surface area contributed by atoms with Crippen LogP contribution in [0.2, 0.25) is 0 Å². The van der Waals surface area contributed by atoms with E-state index in [9.17, 15) is 4.79 Å². The van der Waals surface area contributed by atoms with E-state index in [1.165, 1.54) is 6.33 Å². The number of carbonyl (C=O) groups excluding carboxylic acids is 1. The first-order valence-corrected chi connectivity index (χ1v) is 10.6. The molecule has 30 heavy (non-hydrogen) atoms. The third-order valence-corrected chi connectivity index (χ3v) is 5.76. The van der Waals surface area contributed by atoms with Crippen LogP contribution in [0.5, 0.6) is 0 Å². The van der Waals surface area contributed by atoms with Gasteiger partial charge in [-0.25, -0.2) is 9.50 Å². The highest BCUT2D eigenvalue weighted by Crippen LogP contribution is 2.24. The van der Waals surface area contributed by atoms with Gasteiger partial charge in [0.05, 0.1) is 6.04 Å². The maximum atomic E-state index is 12.9. The van der Waals surface area contributed by atoms with E-state index in [4.69, 9.17) is 0 Å². The second kappa shape index (κ2) is 8.75. The van der Waals surface area contributed by atoms with Crippen molar-refractivity contribution < 1.29 is 4.79 Å². The van der Waals surface area contributed by atoms with Crippen molar-refractivity contribution in [3.05, 3.63) is 93.5 Å². The minimum Gasteiger partial charge on any atom is -0.345 e. The van der Waals surface area contributed by atoms with Gasteiger partial charge < -0.3 is 5.32 Å². The normalized spacial score (nSPS) is 12.1. The highest BCUT2D eigenvalue weighted by atomic mass is 79.9. The van der Waals surface area contributed by atoms with Gasteiger partial charge in [0.1, 0.15) is 6.33 Å². The number of rotatable bonds is 6. The van der Waals surface area contributed by atoms with Crippen LogP contribution in [-0.4, -0.2) is 25.5 Å². The van der Waals surface area contributed by atoms with E-state index in [0.29, 0.717) is 18.6 Å². The maximum Gasteiger partial charge on any atom is 0.252 e. The molecule has 0 saturated heterocycles. The molecule has 2 aromatic heterocycles. The van der Waals surface area contributed by atoms with Gasteiger partial charge in [-0.15, -0.1) is 0 Å². The number of fused-ring (bicyclic) bond motifs is 1. The summed E-state index contributed by atoms with van der Waals surface area (Å²) in [5.74, 6) is 0.571. The zero-order chi connectivity index (χ0) is 21.1. The predicted molar refractivity (Wildman–Crippen MR) is 119 cm³/mol. The molecular weight excluding hydrogens is 442 g/mol. The second-order valence-electron chi connectivity index (χ2n) is 7.20. The van der Waals surface area contributed by atoms with E-state index in [0.717, 1.165) is 32.6 Å². The average molecular weight is 464 g/mol. The first-order valence-electron chi connectivity index (χ1n) is 9.78. The monoisotopic (exact) mass is 463 g/mol. The number of aryl methyl sites for hydroxylation is 2. The van der Waals surface area contributed by atoms with Crippen molar-refractivity contribution in [3.8, 4) is 0 Å². The van der Waals surface area contributed by atoms with E-state index < -0.39 is 0 Å². The molecule has 0 fully saturated rings. The van der Waals surface area contributed by atoms with Crippen LogP contribution >= 0.6 is 15.9 Å². The summed E-state index contributed by atoms with van der Waals surface area (Å²) < 4.78 is 2.72. The molecule has 0 aliphatic heterocycles. The molecule has 0 aliphatic carbocycles. The molecule has 152 valence electrons. The Labute approximate surface area is 183 Å². The number of hydrogen-bond acceptors (Lipinski definition) is 4. The summed E-state index contributed by atoms with van der Waals surface area (Å²) in [5, 5.41) is 7.42. The Morgan fingerprint density at radius 1 is 1.07 bits per heavy atom. The van der Waals surface area contributed by atoms with Gasteiger partial charge in [0, 0.05) is 22.3 Å². The number of amides is 1. The molecule has 2 aromatic carbocycles. The van der Waals surface area contributed by atoms with Crippen molar-refractivity contribution in [2.24, 2.45) is 0 Å². The van der Waals surface area contributed by atoms with Gasteiger partial charge in [0.25, 0.3) is 5.78 Å². The maximum absolute atomic E-state index is 12.9. The lowest BCUT2D eigenvalue weighted by Crippen LogP contribution is -2.29. The number of aromatic nitrogens is 4. The summed E-state index contributed by atoms with van der Waals surface area (Å²) >= 11 is 3.48. The fraction of sp³-hybridized carbons (Fsp3) is 0.217. The van der Waals surface area contributed by atoms with Crippen LogP contribution in [-0.2, 0) is 11.2 Å². The lowest BCUT2D eigenvalue weighted by molar-refractivity contribution is -0.121. The lowest BCUT2D eigenvalue weighted by Gasteiger charge is -2.20. The van der Waals surface area contributed by atoms with E-state index in [2.05, 4.69) is 36.3 Å². The quantitative estimate of drug-likeness (QED) is 0.461. The van der Waals surface area contributed by atoms with E-state index in [1.807, 2.05) is 68.4 Å². The Morgan fingerprint density at radius 2 is 1.77 bits per heavy atom. The molecule has 0 radical (unpaired) electrons. The van der Waals surface area contributed by atoms with Crippen LogP contribution in [0, 0.1) is 13.8 Å². The summed E-state index contributed by atoms with van der Waals surface area (Å²) in [6.45, 7) is 3.93. The number of halogens is 1. The fourth-order valence-electron chi connectivity index (χ4n) is 3.65. The molecule has 0 spiro atoms. The van der Waals surface area contributed by atoms with Crippen molar-refractivity contribution in [2.45, 2.75) is 32.7 Å². The van der Waals surface area contributed by atoms with Crippen molar-refractivity contribution in [3.63, 3.8) is 0 Å². The average Bonchev–Trinajstić information content (AvgIpc) is 3.22. The molecule has 1 amide bonds. The van der Waals surface area contributed by atoms with Gasteiger partial charge in [-0.1, -0.05) is 58.4 Å². The number of nitrogens with zero attached hydrogens (tertiary/aromatic N) is 4. The highest BCUT2D eigenvalue weighted by molar-refractivity contribution is 9.10. The lowest BCUT2D eigenvalue weighted by atomic mass is 9.98. The molecule has 4 rings (SSSR count). The Balaban J connectivity index is 1.53. The molecule has 2 heterocycles. The second-order valence-corrected chi connectivity index (χ2v) is 8.11. The van der Waals surface area contributed by atoms with Gasteiger partial charge in [-0.3, -0.25) is 4.79 Å². The summed E-state index contributed by atoms with van der Waals surface area (Å²) in [5.41, 5.74) is 4.97. The molecule has 0 aliphatic rings. The van der Waals surface area contributed by atoms with E-state index in [1.54, 1.807) is 4.52 Å². The molecule has 6 nitrogen and oxygen atoms in total. The summed E-state index contributed by atoms with van der Waals surface area (Å²) in [6, 6.07) is 17.8. The standard InChI is InChI=1S/C23H22BrN5O/c1-15-20(16(2)29-23(27-15)25-14-26-29)12-13-21(30)28-22(17-6-4-3-5-7-17)18-8-10-19(24)11-9-18/h3-11,14,22H,12-13H2,1-2H3,(H,28,30). The molecule has 1 N–H and O–H groups in total. The van der Waals surface area contributed by atoms with Gasteiger partial charge in [0.2, 0.25) is 5.91 Å². The van der Waals surface area contributed by atoms with E-state index in [-0.39, 0.29) is 11.9 Å². The number of carbonyl (C=O) groups is 1. The minimum absolute atomic E-state index is 0.00995. The molecule has 7 heteroatoms. The van der Waals surface area contributed by atoms with Crippen molar-refractivity contribution in [1.82, 2.24) is 24.9 Å². The van der Waals surface area contributed by atoms with Crippen LogP contribution in [0.15, 0.2) is 65.4 Å². The third kappa shape index (κ3) is 4.26. The van der Waals surface area contributed by atoms with Gasteiger partial charge >= 0.3 is 0 Å². The highest BCUT2D eigenvalue weighted by Gasteiger charge is 2.18. The van der Waals surface area contributed by atoms with Gasteiger partial charge in [-0.2, -0.15) is 10.1 Å². The topological polar surface area (TPSA) is 72.2 Å². The molecular formula is C23H22BrN5O. The first kappa shape index (κ1) is 20.2. The SMILES string of the molecule is Cc1nc2ncnn2c(C)c1CCC(=O)NC(c1ccccc1)c1ccc(Br)cc1. The van der Waals surface area contributed by atoms with Crippen LogP contribution in [0.1, 0.15) is 40.5 Å². The van der Waals surface area contributed by atoms with Crippen molar-refractivity contribution >= 4 is 27.6 Å². The molecule has 1 unspecified atom stereocenters. The molecule has 1 atom stereocenters. The zero-order valence-electron chi connectivity index (χ0n) is 16.8. The van der Waals surface area contributed by atoms with Gasteiger partial charge in [-0.05, 0) is 49.1 Å². The molecule has 4 aromatic rings. The Hall–Kier alpha value is -3.06. The largest absolute Gasteiger partial charge is 0.345 e. The molecule has 0 bridgehead atoms. The van der Waals surface area contributed by atoms with Crippen LogP contribution in [0.3, 0.4) is 0 Å². The zero-order valence-corrected chi connectivity index (χ0v) is 18.4. The number of hydrogen-bond donors (Lipinski definition) is 1.